The molecule has 1 atom stereocenters. The highest BCUT2D eigenvalue weighted by molar-refractivity contribution is 5.77. The number of nitrogens with one attached hydrogen (secondary N) is 1. The summed E-state index contributed by atoms with van der Waals surface area (Å²) in [4.78, 5) is 19.2. The highest BCUT2D eigenvalue weighted by Crippen LogP contribution is 2.27. The van der Waals surface area contributed by atoms with Crippen molar-refractivity contribution in [1.29, 1.82) is 0 Å². The van der Waals surface area contributed by atoms with Crippen LogP contribution in [-0.2, 0) is 11.3 Å². The van der Waals surface area contributed by atoms with Crippen LogP contribution in [0.15, 0.2) is 48.5 Å². The van der Waals surface area contributed by atoms with Crippen LogP contribution in [0.4, 0.5) is 17.1 Å². The lowest BCUT2D eigenvalue weighted by Crippen LogP contribution is -2.48. The van der Waals surface area contributed by atoms with Gasteiger partial charge in [-0.25, -0.2) is 5.06 Å². The second kappa shape index (κ2) is 11.0. The van der Waals surface area contributed by atoms with Gasteiger partial charge in [-0.2, -0.15) is 0 Å². The largest absolute Gasteiger partial charge is 0.369 e. The molecule has 4 rings (SSSR count). The molecule has 2 N–H and O–H groups in total. The van der Waals surface area contributed by atoms with Crippen LogP contribution in [0.5, 0.6) is 0 Å². The maximum Gasteiger partial charge on any atom is 0.260 e. The summed E-state index contributed by atoms with van der Waals surface area (Å²) >= 11 is 0. The third-order valence-electron chi connectivity index (χ3n) is 6.82. The first-order valence-electron chi connectivity index (χ1n) is 12.1. The van der Waals surface area contributed by atoms with Crippen molar-refractivity contribution in [3.05, 3.63) is 54.1 Å². The van der Waals surface area contributed by atoms with Crippen molar-refractivity contribution in [2.75, 3.05) is 56.5 Å². The van der Waals surface area contributed by atoms with E-state index in [-0.39, 0.29) is 19.0 Å². The van der Waals surface area contributed by atoms with Gasteiger partial charge >= 0.3 is 0 Å². The number of likely N-dealkylation sites (N-methyl/N-ethyl adjacent to an activating group) is 1. The number of rotatable bonds is 7. The van der Waals surface area contributed by atoms with E-state index in [9.17, 15) is 10.0 Å². The number of hydrogen-bond donors (Lipinski definition) is 2. The van der Waals surface area contributed by atoms with Crippen molar-refractivity contribution in [3.63, 3.8) is 0 Å². The van der Waals surface area contributed by atoms with Crippen molar-refractivity contribution < 1.29 is 10.0 Å². The molecule has 0 radical (unpaired) electrons. The molecule has 0 aromatic heterocycles. The predicted molar refractivity (Wildman–Crippen MR) is 133 cm³/mol. The van der Waals surface area contributed by atoms with Gasteiger partial charge in [-0.3, -0.25) is 14.9 Å². The molecule has 1 unspecified atom stereocenters. The number of piperazine rings is 1. The van der Waals surface area contributed by atoms with E-state index in [2.05, 4.69) is 58.3 Å². The lowest BCUT2D eigenvalue weighted by molar-refractivity contribution is -0.169. The Kier molecular flexibility index (Phi) is 7.85. The molecular weight excluding hydrogens is 414 g/mol. The third-order valence-corrected chi connectivity index (χ3v) is 6.82. The van der Waals surface area contributed by atoms with Crippen molar-refractivity contribution in [1.82, 2.24) is 14.9 Å². The number of carbonyl (C=O) groups excluding carboxylic acids is 1. The van der Waals surface area contributed by atoms with Crippen LogP contribution >= 0.6 is 0 Å². The Morgan fingerprint density at radius 2 is 1.61 bits per heavy atom. The summed E-state index contributed by atoms with van der Waals surface area (Å²) in [6.07, 6.45) is 3.86. The van der Waals surface area contributed by atoms with Gasteiger partial charge in [0.05, 0.1) is 13.1 Å². The number of nitrogens with zero attached hydrogens (tertiary/aromatic N) is 4. The molecule has 0 aliphatic carbocycles. The van der Waals surface area contributed by atoms with Gasteiger partial charge in [0, 0.05) is 55.8 Å². The summed E-state index contributed by atoms with van der Waals surface area (Å²) in [7, 11) is 2.08. The summed E-state index contributed by atoms with van der Waals surface area (Å²) < 4.78 is 0. The number of benzene rings is 2. The van der Waals surface area contributed by atoms with Gasteiger partial charge in [-0.15, -0.1) is 0 Å². The summed E-state index contributed by atoms with van der Waals surface area (Å²) in [6.45, 7) is 7.50. The molecule has 7 heteroatoms. The number of hydroxylamine groups is 2. The maximum atomic E-state index is 12.4. The van der Waals surface area contributed by atoms with E-state index >= 15 is 0 Å². The molecule has 2 aromatic rings. The molecule has 7 nitrogen and oxygen atoms in total. The fraction of sp³-hybridized carbons (Fsp3) is 0.500. The Labute approximate surface area is 197 Å². The number of anilines is 3. The lowest BCUT2D eigenvalue weighted by atomic mass is 10.0. The molecule has 0 spiro atoms. The van der Waals surface area contributed by atoms with Crippen LogP contribution in [-0.4, -0.2) is 78.3 Å². The van der Waals surface area contributed by atoms with E-state index in [4.69, 9.17) is 0 Å². The monoisotopic (exact) mass is 451 g/mol. The third kappa shape index (κ3) is 6.47. The molecule has 2 heterocycles. The maximum absolute atomic E-state index is 12.4. The summed E-state index contributed by atoms with van der Waals surface area (Å²) in [6, 6.07) is 17.1. The van der Waals surface area contributed by atoms with Crippen LogP contribution < -0.4 is 10.2 Å². The van der Waals surface area contributed by atoms with Crippen LogP contribution in [0.3, 0.4) is 0 Å². The standard InChI is InChI=1S/C26H37N5O2/c1-21-5-3-4-14-30(21)25-12-10-24(11-13-25)27-23-8-6-22(7-9-23)19-31(33)26(32)20-29-17-15-28(2)16-18-29/h6-13,21,27,33H,3-5,14-20H2,1-2H3. The second-order valence-corrected chi connectivity index (χ2v) is 9.44. The Morgan fingerprint density at radius 3 is 2.24 bits per heavy atom. The Bertz CT molecular complexity index is 894. The van der Waals surface area contributed by atoms with Gasteiger partial charge in [0.25, 0.3) is 5.91 Å². The van der Waals surface area contributed by atoms with Gasteiger partial charge in [0.2, 0.25) is 0 Å². The highest BCUT2D eigenvalue weighted by Gasteiger charge is 2.20. The van der Waals surface area contributed by atoms with E-state index in [0.717, 1.165) is 54.7 Å². The summed E-state index contributed by atoms with van der Waals surface area (Å²) in [5.41, 5.74) is 4.20. The van der Waals surface area contributed by atoms with Gasteiger partial charge in [0.1, 0.15) is 0 Å². The molecule has 33 heavy (non-hydrogen) atoms. The average Bonchev–Trinajstić information content (AvgIpc) is 2.83. The lowest BCUT2D eigenvalue weighted by Gasteiger charge is -2.35. The zero-order valence-electron chi connectivity index (χ0n) is 19.9. The molecule has 2 saturated heterocycles. The molecule has 2 aliphatic heterocycles. The van der Waals surface area contributed by atoms with E-state index in [1.54, 1.807) is 0 Å². The summed E-state index contributed by atoms with van der Waals surface area (Å²) in [5, 5.41) is 14.5. The normalized spacial score (nSPS) is 20.0. The SMILES string of the molecule is CC1CCCCN1c1ccc(Nc2ccc(CN(O)C(=O)CN3CCN(C)CC3)cc2)cc1. The topological polar surface area (TPSA) is 62.3 Å². The number of piperidine rings is 1. The zero-order valence-corrected chi connectivity index (χ0v) is 19.9. The minimum atomic E-state index is -0.259. The second-order valence-electron chi connectivity index (χ2n) is 9.44. The first-order chi connectivity index (χ1) is 16.0. The van der Waals surface area contributed by atoms with E-state index < -0.39 is 0 Å². The van der Waals surface area contributed by atoms with Crippen LogP contribution in [0.2, 0.25) is 0 Å². The van der Waals surface area contributed by atoms with E-state index in [1.165, 1.54) is 24.9 Å². The van der Waals surface area contributed by atoms with E-state index in [1.807, 2.05) is 24.3 Å². The molecular formula is C26H37N5O2. The fourth-order valence-electron chi connectivity index (χ4n) is 4.62. The Morgan fingerprint density at radius 1 is 0.970 bits per heavy atom. The highest BCUT2D eigenvalue weighted by atomic mass is 16.5. The molecule has 1 amide bonds. The van der Waals surface area contributed by atoms with Crippen molar-refractivity contribution in [3.8, 4) is 0 Å². The van der Waals surface area contributed by atoms with Crippen molar-refractivity contribution >= 4 is 23.0 Å². The summed E-state index contributed by atoms with van der Waals surface area (Å²) in [5.74, 6) is -0.259. The molecule has 2 aliphatic rings. The quantitative estimate of drug-likeness (QED) is 0.494. The number of hydrogen-bond acceptors (Lipinski definition) is 6. The van der Waals surface area contributed by atoms with Crippen molar-refractivity contribution in [2.24, 2.45) is 0 Å². The molecule has 0 saturated carbocycles. The minimum Gasteiger partial charge on any atom is -0.369 e. The first-order valence-corrected chi connectivity index (χ1v) is 12.1. The van der Waals surface area contributed by atoms with E-state index in [0.29, 0.717) is 6.04 Å². The van der Waals surface area contributed by atoms with Crippen LogP contribution in [0.1, 0.15) is 31.7 Å². The zero-order chi connectivity index (χ0) is 23.2. The fourth-order valence-corrected chi connectivity index (χ4v) is 4.62. The van der Waals surface area contributed by atoms with Gasteiger partial charge in [-0.1, -0.05) is 12.1 Å². The van der Waals surface area contributed by atoms with Crippen LogP contribution in [0.25, 0.3) is 0 Å². The minimum absolute atomic E-state index is 0.190. The number of carbonyl (C=O) groups is 1. The van der Waals surface area contributed by atoms with Gasteiger partial charge < -0.3 is 15.1 Å². The van der Waals surface area contributed by atoms with Crippen LogP contribution in [0, 0.1) is 0 Å². The molecule has 0 bridgehead atoms. The first kappa shape index (κ1) is 23.5. The van der Waals surface area contributed by atoms with Gasteiger partial charge in [-0.05, 0) is 75.2 Å². The molecule has 2 aromatic carbocycles. The van der Waals surface area contributed by atoms with Gasteiger partial charge in [0.15, 0.2) is 0 Å². The molecule has 2 fully saturated rings. The Hall–Kier alpha value is -2.61. The number of amides is 1. The molecule has 178 valence electrons. The average molecular weight is 452 g/mol. The predicted octanol–water partition coefficient (Wildman–Crippen LogP) is 3.77. The smallest absolute Gasteiger partial charge is 0.260 e. The Balaban J connectivity index is 1.27. The van der Waals surface area contributed by atoms with Crippen molar-refractivity contribution in [2.45, 2.75) is 38.8 Å².